The van der Waals surface area contributed by atoms with Gasteiger partial charge in [-0.05, 0) is 37.2 Å². The lowest BCUT2D eigenvalue weighted by atomic mass is 10.2. The highest BCUT2D eigenvalue weighted by Crippen LogP contribution is 2.35. The average molecular weight is 356 g/mol. The summed E-state index contributed by atoms with van der Waals surface area (Å²) in [5, 5.41) is 3.46. The van der Waals surface area contributed by atoms with Crippen molar-refractivity contribution in [3.8, 4) is 23.0 Å². The van der Waals surface area contributed by atoms with Gasteiger partial charge in [-0.2, -0.15) is 0 Å². The van der Waals surface area contributed by atoms with Crippen molar-refractivity contribution in [3.05, 3.63) is 42.5 Å². The molecule has 2 aromatic rings. The molecule has 2 heterocycles. The summed E-state index contributed by atoms with van der Waals surface area (Å²) in [5.74, 6) is 3.30. The molecule has 0 aromatic heterocycles. The Morgan fingerprint density at radius 3 is 2.73 bits per heavy atom. The van der Waals surface area contributed by atoms with Gasteiger partial charge in [0.05, 0.1) is 0 Å². The molecule has 6 heteroatoms. The van der Waals surface area contributed by atoms with Crippen LogP contribution in [0.3, 0.4) is 0 Å². The Hall–Kier alpha value is -2.60. The van der Waals surface area contributed by atoms with Crippen LogP contribution in [-0.2, 0) is 0 Å². The second-order valence-corrected chi connectivity index (χ2v) is 6.51. The summed E-state index contributed by atoms with van der Waals surface area (Å²) in [4.78, 5) is 2.22. The zero-order valence-corrected chi connectivity index (χ0v) is 14.9. The first-order valence-electron chi connectivity index (χ1n) is 8.99. The van der Waals surface area contributed by atoms with Gasteiger partial charge in [-0.1, -0.05) is 12.1 Å². The van der Waals surface area contributed by atoms with Gasteiger partial charge in [-0.15, -0.1) is 0 Å². The molecule has 1 unspecified atom stereocenters. The zero-order chi connectivity index (χ0) is 17.8. The Bertz CT molecular complexity index is 752. The third-order valence-electron chi connectivity index (χ3n) is 4.58. The van der Waals surface area contributed by atoms with E-state index < -0.39 is 0 Å². The zero-order valence-electron chi connectivity index (χ0n) is 14.9. The molecule has 0 radical (unpaired) electrons. The van der Waals surface area contributed by atoms with Gasteiger partial charge in [0.15, 0.2) is 23.0 Å². The van der Waals surface area contributed by atoms with Crippen molar-refractivity contribution in [2.24, 2.45) is 0 Å². The summed E-state index contributed by atoms with van der Waals surface area (Å²) in [6, 6.07) is 13.9. The fraction of sp³-hybridized carbons (Fsp3) is 0.400. The van der Waals surface area contributed by atoms with Gasteiger partial charge in [0.25, 0.3) is 0 Å². The third kappa shape index (κ3) is 3.80. The quantitative estimate of drug-likeness (QED) is 0.770. The number of para-hydroxylation sites is 2. The highest BCUT2D eigenvalue weighted by Gasteiger charge is 2.20. The average Bonchev–Trinajstić information content (AvgIpc) is 3.15. The second-order valence-electron chi connectivity index (χ2n) is 6.51. The molecule has 26 heavy (non-hydrogen) atoms. The molecule has 0 saturated carbocycles. The van der Waals surface area contributed by atoms with Gasteiger partial charge in [0.2, 0.25) is 6.79 Å². The van der Waals surface area contributed by atoms with E-state index in [-0.39, 0.29) is 6.10 Å². The van der Waals surface area contributed by atoms with Crippen LogP contribution in [0.5, 0.6) is 23.0 Å². The van der Waals surface area contributed by atoms with Crippen LogP contribution in [0.1, 0.15) is 6.42 Å². The molecular weight excluding hydrogens is 332 g/mol. The first-order chi connectivity index (χ1) is 12.8. The summed E-state index contributed by atoms with van der Waals surface area (Å²) in [7, 11) is 2.09. The van der Waals surface area contributed by atoms with Crippen LogP contribution in [-0.4, -0.2) is 46.2 Å². The lowest BCUT2D eigenvalue weighted by Gasteiger charge is -2.26. The molecule has 0 bridgehead atoms. The van der Waals surface area contributed by atoms with Crippen LogP contribution < -0.4 is 29.2 Å². The van der Waals surface area contributed by atoms with Crippen LogP contribution in [0.4, 0.5) is 5.69 Å². The molecule has 0 saturated heterocycles. The fourth-order valence-electron chi connectivity index (χ4n) is 3.12. The van der Waals surface area contributed by atoms with Gasteiger partial charge >= 0.3 is 0 Å². The highest BCUT2D eigenvalue weighted by atomic mass is 16.7. The maximum atomic E-state index is 5.95. The van der Waals surface area contributed by atoms with E-state index in [0.29, 0.717) is 13.4 Å². The van der Waals surface area contributed by atoms with Crippen molar-refractivity contribution in [2.75, 3.05) is 45.0 Å². The van der Waals surface area contributed by atoms with Crippen LogP contribution in [0, 0.1) is 0 Å². The van der Waals surface area contributed by atoms with Gasteiger partial charge in [0, 0.05) is 31.9 Å². The Morgan fingerprint density at radius 1 is 1.00 bits per heavy atom. The lowest BCUT2D eigenvalue weighted by molar-refractivity contribution is 0.0905. The Kier molecular flexibility index (Phi) is 5.02. The van der Waals surface area contributed by atoms with Gasteiger partial charge < -0.3 is 29.2 Å². The number of fused-ring (bicyclic) bond motifs is 2. The highest BCUT2D eigenvalue weighted by molar-refractivity contribution is 5.56. The van der Waals surface area contributed by atoms with Gasteiger partial charge in [-0.25, -0.2) is 0 Å². The van der Waals surface area contributed by atoms with Crippen LogP contribution in [0.25, 0.3) is 0 Å². The van der Waals surface area contributed by atoms with E-state index in [0.717, 1.165) is 54.7 Å². The lowest BCUT2D eigenvalue weighted by Crippen LogP contribution is -2.39. The SMILES string of the molecule is CN(CCCNCC1COc2ccccc2O1)c1ccc2c(c1)OCO2. The van der Waals surface area contributed by atoms with E-state index in [1.165, 1.54) is 0 Å². The van der Waals surface area contributed by atoms with Crippen LogP contribution in [0.15, 0.2) is 42.5 Å². The van der Waals surface area contributed by atoms with Crippen molar-refractivity contribution in [1.82, 2.24) is 5.32 Å². The number of rotatable bonds is 7. The molecule has 138 valence electrons. The molecule has 1 N–H and O–H groups in total. The summed E-state index contributed by atoms with van der Waals surface area (Å²) >= 11 is 0. The summed E-state index contributed by atoms with van der Waals surface area (Å²) in [6.07, 6.45) is 1.09. The fourth-order valence-corrected chi connectivity index (χ4v) is 3.12. The molecule has 2 aliphatic rings. The van der Waals surface area contributed by atoms with E-state index in [1.807, 2.05) is 36.4 Å². The Balaban J connectivity index is 1.17. The Morgan fingerprint density at radius 2 is 1.81 bits per heavy atom. The number of ether oxygens (including phenoxy) is 4. The summed E-state index contributed by atoms with van der Waals surface area (Å²) < 4.78 is 22.5. The first kappa shape index (κ1) is 16.8. The number of anilines is 1. The van der Waals surface area contributed by atoms with Gasteiger partial charge in [0.1, 0.15) is 12.7 Å². The predicted octanol–water partition coefficient (Wildman–Crippen LogP) is 2.67. The molecule has 2 aromatic carbocycles. The molecule has 4 rings (SSSR count). The molecular formula is C20H24N2O4. The normalized spacial score (nSPS) is 17.2. The standard InChI is InChI=1S/C20H24N2O4/c1-22(15-7-8-18-20(11-15)25-14-24-18)10-4-9-21-12-16-13-23-17-5-2-3-6-19(17)26-16/h2-3,5-8,11,16,21H,4,9-10,12-14H2,1H3. The number of nitrogens with zero attached hydrogens (tertiary/aromatic N) is 1. The third-order valence-corrected chi connectivity index (χ3v) is 4.58. The van der Waals surface area contributed by atoms with Crippen molar-refractivity contribution in [1.29, 1.82) is 0 Å². The Labute approximate surface area is 153 Å². The molecule has 0 aliphatic carbocycles. The number of hydrogen-bond donors (Lipinski definition) is 1. The van der Waals surface area contributed by atoms with Crippen molar-refractivity contribution in [3.63, 3.8) is 0 Å². The number of nitrogens with one attached hydrogen (secondary N) is 1. The van der Waals surface area contributed by atoms with Gasteiger partial charge in [-0.3, -0.25) is 0 Å². The van der Waals surface area contributed by atoms with Crippen molar-refractivity contribution < 1.29 is 18.9 Å². The predicted molar refractivity (Wildman–Crippen MR) is 99.7 cm³/mol. The summed E-state index contributed by atoms with van der Waals surface area (Å²) in [6.45, 7) is 3.56. The van der Waals surface area contributed by atoms with Crippen molar-refractivity contribution in [2.45, 2.75) is 12.5 Å². The molecule has 1 atom stereocenters. The molecule has 0 fully saturated rings. The minimum atomic E-state index is 0.0523. The number of hydrogen-bond acceptors (Lipinski definition) is 6. The van der Waals surface area contributed by atoms with E-state index in [9.17, 15) is 0 Å². The van der Waals surface area contributed by atoms with E-state index in [1.54, 1.807) is 0 Å². The minimum absolute atomic E-state index is 0.0523. The molecule has 0 spiro atoms. The molecule has 6 nitrogen and oxygen atoms in total. The van der Waals surface area contributed by atoms with E-state index in [4.69, 9.17) is 18.9 Å². The van der Waals surface area contributed by atoms with Crippen LogP contribution >= 0.6 is 0 Å². The molecule has 0 amide bonds. The molecule has 2 aliphatic heterocycles. The maximum absolute atomic E-state index is 5.95. The first-order valence-corrected chi connectivity index (χ1v) is 8.99. The van der Waals surface area contributed by atoms with E-state index >= 15 is 0 Å². The number of benzene rings is 2. The second kappa shape index (κ2) is 7.74. The maximum Gasteiger partial charge on any atom is 0.231 e. The topological polar surface area (TPSA) is 52.2 Å². The smallest absolute Gasteiger partial charge is 0.231 e. The van der Waals surface area contributed by atoms with Crippen molar-refractivity contribution >= 4 is 5.69 Å². The largest absolute Gasteiger partial charge is 0.486 e. The van der Waals surface area contributed by atoms with Crippen LogP contribution in [0.2, 0.25) is 0 Å². The minimum Gasteiger partial charge on any atom is -0.486 e. The monoisotopic (exact) mass is 356 g/mol. The van der Waals surface area contributed by atoms with E-state index in [2.05, 4.69) is 23.3 Å². The summed E-state index contributed by atoms with van der Waals surface area (Å²) in [5.41, 5.74) is 1.13.